The van der Waals surface area contributed by atoms with Crippen LogP contribution in [0.4, 0.5) is 0 Å². The van der Waals surface area contributed by atoms with Crippen molar-refractivity contribution in [1.29, 1.82) is 0 Å². The van der Waals surface area contributed by atoms with Crippen LogP contribution < -0.4 is 50.7 Å². The number of carboxylic acids is 2. The van der Waals surface area contributed by atoms with E-state index in [0.29, 0.717) is 69.9 Å². The molecule has 135 heavy (non-hydrogen) atoms. The summed E-state index contributed by atoms with van der Waals surface area (Å²) >= 11 is 6.56. The number of benzene rings is 8. The number of halogens is 2. The number of ether oxygens (including phenoxy) is 4. The molecule has 0 aromatic heterocycles. The van der Waals surface area contributed by atoms with E-state index in [2.05, 4.69) is 76.4 Å². The van der Waals surface area contributed by atoms with E-state index in [4.69, 9.17) is 74.4 Å². The second kappa shape index (κ2) is 71.3. The van der Waals surface area contributed by atoms with Crippen molar-refractivity contribution < 1.29 is 164 Å². The van der Waals surface area contributed by atoms with Crippen LogP contribution in [0.3, 0.4) is 0 Å². The van der Waals surface area contributed by atoms with Gasteiger partial charge in [0.25, 0.3) is 5.90 Å². The Bertz CT molecular complexity index is 5030. The predicted molar refractivity (Wildman–Crippen MR) is 543 cm³/mol. The minimum absolute atomic E-state index is 0. The van der Waals surface area contributed by atoms with Crippen LogP contribution in [0, 0.1) is 13.8 Å². The number of carboxylic acid groups (broad SMARTS) is 2. The van der Waals surface area contributed by atoms with Crippen LogP contribution in [-0.2, 0) is 101 Å². The Labute approximate surface area is 828 Å². The Hall–Kier alpha value is -6.16. The molecule has 8 rings (SSSR count). The standard InChI is InChI=1S/C16H26O7P2.C13H19O5P.C11H15O5P.2C9H9BrO2.C9H11O3P.C9H13OP.C9H13P.C7H17O5P2.Li.H2O/c1-5-20-16(17)14-9-11-15(12-10-14)24(18,21-6-2)13-25(19,22-7-3)23-8-4;1-4-16-13(14)11-7-9-12(10-8-11)19(15,17-5-2)18-6-3;1-3-15-17(14,16-4-2)10-7-5-9(6-8-10)11(12)13;2*1-2-12-9(11)7-3-5-8(10)6-4-7;1-13(2,12)8-5-3-7(4-6-8)9(10)11;1-8-4-6-9(7-5-8)11(2,3)10;1-8-4-6-9(7-5-8)10(2)3;1-4-10-13(8)7-14(9,11-5-2)12-6-3;;/h9-12H,5-8,13H2,1-4H3;7-10H,4-6H2,1-3H3;5-8H,3-4H2,1-2H3,(H,12,13);2*3-6H,2H2,1H3;3-6H,1-2H3,(H,10,11);4-7H,1-3H3;4-7H,1-3H3;4-7H2,1-3H3;;1H2/q;;;;;;;;2*+1;/p-1. The maximum atomic E-state index is 13.3. The molecule has 43 heteroatoms. The summed E-state index contributed by atoms with van der Waals surface area (Å²) in [6.45, 7) is 43.7. The normalized spacial score (nSPS) is 11.5. The van der Waals surface area contributed by atoms with E-state index >= 15 is 0 Å². The first kappa shape index (κ1) is 133. The van der Waals surface area contributed by atoms with Crippen LogP contribution in [0.25, 0.3) is 0 Å². The molecule has 8 aromatic carbocycles. The number of carbonyl (C=O) groups is 6. The molecule has 0 spiro atoms. The molecule has 0 saturated heterocycles. The molecule has 2 atom stereocenters. The van der Waals surface area contributed by atoms with Gasteiger partial charge in [0.1, 0.15) is 20.2 Å². The molecule has 0 aliphatic heterocycles. The fourth-order valence-corrected chi connectivity index (χ4v) is 25.1. The van der Waals surface area contributed by atoms with Gasteiger partial charge in [0.15, 0.2) is 0 Å². The van der Waals surface area contributed by atoms with Crippen molar-refractivity contribution in [3.63, 3.8) is 0 Å². The number of aryl methyl sites for hydroxylation is 2. The SMILES string of the molecule is CCOC(=O)c1ccc(Br)cc1.CCOC(=O)c1ccc(Br)cc1.CCOC(=O)c1ccc(P(=O)(CP(=O)(OCC)OCC)OCC)cc1.CCOC(=O)c1ccc(P(=O)(OCC)OCC)cc1.CCOP(=O)(OCC)c1ccc(C(=O)O)cc1.CCO[P+](=O)CP(=O)(OCC)OCC.CP(C)(=O)c1ccc(C(=O)O)cc1.Cc1ccc(P(C)(C)=O)cc1.Cc1ccc(P(C)C)cc1.[Li+].[OH-]. The topological polar surface area (TPSA) is 439 Å². The minimum atomic E-state index is -3.56. The molecule has 0 radical (unpaired) electrons. The van der Waals surface area contributed by atoms with Crippen molar-refractivity contribution in [2.24, 2.45) is 0 Å². The third kappa shape index (κ3) is 53.9. The fraction of sp³-hybridized carbons (Fsp3) is 0.413. The molecular weight excluding hydrogens is 2050 g/mol. The largest absolute Gasteiger partial charge is 1.00 e. The number of esters is 4. The molecule has 0 saturated carbocycles. The average molecular weight is 2180 g/mol. The number of hydrogen-bond donors (Lipinski definition) is 2. The van der Waals surface area contributed by atoms with Gasteiger partial charge in [-0.2, -0.15) is 0 Å². The van der Waals surface area contributed by atoms with E-state index in [1.54, 1.807) is 184 Å². The average Bonchev–Trinajstić information content (AvgIpc) is 0.795. The molecule has 8 aromatic rings. The van der Waals surface area contributed by atoms with Gasteiger partial charge in [0, 0.05) is 24.9 Å². The van der Waals surface area contributed by atoms with E-state index in [-0.39, 0.29) is 133 Å². The van der Waals surface area contributed by atoms with Crippen LogP contribution in [0.15, 0.2) is 203 Å². The molecular formula is C92H133Br2LiO31P9+. The summed E-state index contributed by atoms with van der Waals surface area (Å²) in [5.41, 5.74) is 4.82. The summed E-state index contributed by atoms with van der Waals surface area (Å²) < 4.78 is 170. The first-order valence-corrected chi connectivity index (χ1v) is 61.2. The molecule has 0 bridgehead atoms. The monoisotopic (exact) mass is 2180 g/mol. The summed E-state index contributed by atoms with van der Waals surface area (Å²) in [6.07, 6.45) is 0. The van der Waals surface area contributed by atoms with Gasteiger partial charge in [-0.05, 0) is 294 Å². The van der Waals surface area contributed by atoms with Gasteiger partial charge in [-0.25, -0.2) is 28.8 Å². The zero-order chi connectivity index (χ0) is 101. The van der Waals surface area contributed by atoms with Crippen LogP contribution in [0.5, 0.6) is 0 Å². The number of rotatable bonds is 40. The van der Waals surface area contributed by atoms with Gasteiger partial charge < -0.3 is 84.5 Å². The summed E-state index contributed by atoms with van der Waals surface area (Å²) in [5.74, 6) is -3.93. The Balaban J connectivity index is -0.00000147. The van der Waals surface area contributed by atoms with Gasteiger partial charge in [0.2, 0.25) is 7.37 Å². The van der Waals surface area contributed by atoms with Gasteiger partial charge in [0.05, 0.1) is 136 Å². The second-order valence-electron chi connectivity index (χ2n) is 27.6. The third-order valence-electron chi connectivity index (χ3n) is 16.3. The van der Waals surface area contributed by atoms with Crippen molar-refractivity contribution in [3.8, 4) is 0 Å². The third-order valence-corrected chi connectivity index (χ3v) is 36.1. The smallest absolute Gasteiger partial charge is 0.870 e. The molecule has 2 unspecified atom stereocenters. The maximum Gasteiger partial charge on any atom is 1.00 e. The molecule has 746 valence electrons. The van der Waals surface area contributed by atoms with E-state index in [1.165, 1.54) is 77.1 Å². The Morgan fingerprint density at radius 3 is 0.800 bits per heavy atom. The number of carbonyl (C=O) groups excluding carboxylic acids is 4. The zero-order valence-electron chi connectivity index (χ0n) is 81.3. The van der Waals surface area contributed by atoms with E-state index in [9.17, 15) is 65.3 Å². The number of hydrogen-bond acceptors (Lipinski definition) is 29. The van der Waals surface area contributed by atoms with Gasteiger partial charge >= 0.3 is 93.1 Å². The quantitative estimate of drug-likeness (QED) is 0.0156. The number of aromatic carboxylic acids is 2. The summed E-state index contributed by atoms with van der Waals surface area (Å²) in [7, 11) is -23.0. The van der Waals surface area contributed by atoms with Crippen molar-refractivity contribution >= 4 is 167 Å². The molecule has 0 aliphatic carbocycles. The van der Waals surface area contributed by atoms with Crippen molar-refractivity contribution in [2.75, 3.05) is 144 Å². The van der Waals surface area contributed by atoms with Crippen molar-refractivity contribution in [3.05, 3.63) is 248 Å². The van der Waals surface area contributed by atoms with E-state index < -0.39 is 83.9 Å². The maximum absolute atomic E-state index is 13.3. The molecule has 31 nitrogen and oxygen atoms in total. The van der Waals surface area contributed by atoms with E-state index in [1.807, 2.05) is 55.5 Å². The zero-order valence-corrected chi connectivity index (χ0v) is 92.6. The summed E-state index contributed by atoms with van der Waals surface area (Å²) in [6, 6.07) is 54.9. The molecule has 0 fully saturated rings. The van der Waals surface area contributed by atoms with E-state index in [0.717, 1.165) is 14.2 Å². The molecule has 0 heterocycles. The Morgan fingerprint density at radius 1 is 0.319 bits per heavy atom. The van der Waals surface area contributed by atoms with Crippen LogP contribution in [0.2, 0.25) is 0 Å². The Kier molecular flexibility index (Phi) is 70.2. The van der Waals surface area contributed by atoms with Crippen LogP contribution in [-0.4, -0.2) is 196 Å². The minimum Gasteiger partial charge on any atom is -0.870 e. The summed E-state index contributed by atoms with van der Waals surface area (Å²) in [5, 5.41) is 21.7. The van der Waals surface area contributed by atoms with Crippen molar-refractivity contribution in [1.82, 2.24) is 0 Å². The van der Waals surface area contributed by atoms with Gasteiger partial charge in [-0.3, -0.25) is 22.8 Å². The van der Waals surface area contributed by atoms with Gasteiger partial charge in [-0.15, -0.1) is 4.52 Å². The van der Waals surface area contributed by atoms with Crippen LogP contribution >= 0.6 is 99.8 Å². The first-order chi connectivity index (χ1) is 62.6. The summed E-state index contributed by atoms with van der Waals surface area (Å²) in [4.78, 5) is 66.6. The molecule has 0 amide bonds. The fourth-order valence-electron chi connectivity index (χ4n) is 10.2. The Morgan fingerprint density at radius 2 is 0.556 bits per heavy atom. The second-order valence-corrected chi connectivity index (χ2v) is 51.1. The first-order valence-electron chi connectivity index (χ1n) is 42.5. The van der Waals surface area contributed by atoms with Crippen LogP contribution in [0.1, 0.15) is 170 Å². The molecule has 0 aliphatic rings. The van der Waals surface area contributed by atoms with Gasteiger partial charge in [-0.1, -0.05) is 112 Å². The predicted octanol–water partition coefficient (Wildman–Crippen LogP) is 20.4. The van der Waals surface area contributed by atoms with Crippen molar-refractivity contribution in [2.45, 2.75) is 111 Å². The molecule has 3 N–H and O–H groups in total.